The van der Waals surface area contributed by atoms with Crippen LogP contribution in [-0.4, -0.2) is 28.3 Å². The Morgan fingerprint density at radius 1 is 1.14 bits per heavy atom. The van der Waals surface area contributed by atoms with Crippen LogP contribution in [0.15, 0.2) is 47.3 Å². The zero-order valence-corrected chi connectivity index (χ0v) is 16.6. The fourth-order valence-corrected chi connectivity index (χ4v) is 3.95. The summed E-state index contributed by atoms with van der Waals surface area (Å²) in [6, 6.07) is 13.5. The molecule has 2 aromatic heterocycles. The van der Waals surface area contributed by atoms with Crippen LogP contribution in [0.4, 0.5) is 0 Å². The molecule has 4 rings (SSSR count). The van der Waals surface area contributed by atoms with Gasteiger partial charge in [-0.3, -0.25) is 4.79 Å². The highest BCUT2D eigenvalue weighted by molar-refractivity contribution is 7.15. The standard InChI is InChI=1S/C21H19N3O3S/c1-4-27-16-9-8-14(11-17(16)26-3)12-18-20(25)24-19(22-23-21(24)28-18)15-7-5-6-13(2)10-15/h5-12H,4H2,1-3H3. The van der Waals surface area contributed by atoms with E-state index in [0.717, 1.165) is 16.7 Å². The number of aromatic nitrogens is 3. The molecule has 0 aliphatic rings. The normalized spacial score (nSPS) is 11.9. The van der Waals surface area contributed by atoms with Crippen molar-refractivity contribution in [1.29, 1.82) is 0 Å². The lowest BCUT2D eigenvalue weighted by Gasteiger charge is -2.09. The summed E-state index contributed by atoms with van der Waals surface area (Å²) in [5, 5.41) is 8.39. The monoisotopic (exact) mass is 393 g/mol. The van der Waals surface area contributed by atoms with Crippen molar-refractivity contribution < 1.29 is 9.47 Å². The van der Waals surface area contributed by atoms with Crippen molar-refractivity contribution in [3.8, 4) is 22.9 Å². The molecule has 4 aromatic rings. The molecule has 0 radical (unpaired) electrons. The van der Waals surface area contributed by atoms with E-state index in [9.17, 15) is 4.79 Å². The van der Waals surface area contributed by atoms with Gasteiger partial charge in [-0.2, -0.15) is 0 Å². The molecule has 0 aliphatic carbocycles. The van der Waals surface area contributed by atoms with E-state index in [2.05, 4.69) is 10.2 Å². The third-order valence-corrected chi connectivity index (χ3v) is 5.27. The molecule has 0 amide bonds. The number of rotatable bonds is 5. The van der Waals surface area contributed by atoms with E-state index in [1.807, 2.05) is 62.4 Å². The van der Waals surface area contributed by atoms with Crippen LogP contribution >= 0.6 is 11.3 Å². The molecule has 0 atom stereocenters. The van der Waals surface area contributed by atoms with Crippen molar-refractivity contribution in [1.82, 2.24) is 14.6 Å². The maximum Gasteiger partial charge on any atom is 0.276 e. The van der Waals surface area contributed by atoms with E-state index in [1.54, 1.807) is 11.5 Å². The van der Waals surface area contributed by atoms with Gasteiger partial charge in [-0.1, -0.05) is 41.2 Å². The summed E-state index contributed by atoms with van der Waals surface area (Å²) in [5.41, 5.74) is 2.70. The predicted molar refractivity (Wildman–Crippen MR) is 110 cm³/mol. The van der Waals surface area contributed by atoms with Crippen molar-refractivity contribution in [2.45, 2.75) is 13.8 Å². The number of aryl methyl sites for hydroxylation is 1. The first-order valence-electron chi connectivity index (χ1n) is 8.88. The minimum atomic E-state index is -0.130. The van der Waals surface area contributed by atoms with Gasteiger partial charge in [-0.05, 0) is 43.7 Å². The van der Waals surface area contributed by atoms with E-state index in [4.69, 9.17) is 9.47 Å². The Balaban J connectivity index is 1.82. The second-order valence-electron chi connectivity index (χ2n) is 6.27. The predicted octanol–water partition coefficient (Wildman–Crippen LogP) is 3.08. The molecule has 7 heteroatoms. The first kappa shape index (κ1) is 18.2. The van der Waals surface area contributed by atoms with Crippen LogP contribution < -0.4 is 19.6 Å². The minimum Gasteiger partial charge on any atom is -0.493 e. The second-order valence-corrected chi connectivity index (χ2v) is 7.28. The van der Waals surface area contributed by atoms with Crippen molar-refractivity contribution in [2.75, 3.05) is 13.7 Å². The number of fused-ring (bicyclic) bond motifs is 1. The Morgan fingerprint density at radius 3 is 2.75 bits per heavy atom. The summed E-state index contributed by atoms with van der Waals surface area (Å²) in [5.74, 6) is 1.87. The molecule has 0 aliphatic heterocycles. The number of ether oxygens (including phenoxy) is 2. The molecule has 2 aromatic carbocycles. The molecular formula is C21H19N3O3S. The van der Waals surface area contributed by atoms with Gasteiger partial charge in [0, 0.05) is 5.56 Å². The van der Waals surface area contributed by atoms with E-state index in [1.165, 1.54) is 11.3 Å². The molecule has 28 heavy (non-hydrogen) atoms. The zero-order valence-electron chi connectivity index (χ0n) is 15.8. The molecule has 6 nitrogen and oxygen atoms in total. The molecule has 0 N–H and O–H groups in total. The lowest BCUT2D eigenvalue weighted by molar-refractivity contribution is 0.311. The van der Waals surface area contributed by atoms with Crippen molar-refractivity contribution >= 4 is 22.4 Å². The molecule has 0 saturated heterocycles. The minimum absolute atomic E-state index is 0.130. The zero-order chi connectivity index (χ0) is 19.7. The number of methoxy groups -OCH3 is 1. The number of thiazole rings is 1. The average Bonchev–Trinajstić information content (AvgIpc) is 3.24. The Kier molecular flexibility index (Phi) is 4.83. The largest absolute Gasteiger partial charge is 0.493 e. The van der Waals surface area contributed by atoms with Gasteiger partial charge in [-0.25, -0.2) is 4.40 Å². The van der Waals surface area contributed by atoms with Crippen molar-refractivity contribution in [3.63, 3.8) is 0 Å². The van der Waals surface area contributed by atoms with Crippen LogP contribution in [0.3, 0.4) is 0 Å². The summed E-state index contributed by atoms with van der Waals surface area (Å²) < 4.78 is 13.1. The molecule has 0 bridgehead atoms. The highest BCUT2D eigenvalue weighted by Crippen LogP contribution is 2.28. The Bertz CT molecular complexity index is 1260. The Morgan fingerprint density at radius 2 is 2.00 bits per heavy atom. The average molecular weight is 393 g/mol. The first-order chi connectivity index (χ1) is 13.6. The fourth-order valence-electron chi connectivity index (χ4n) is 3.03. The van der Waals surface area contributed by atoms with Crippen LogP contribution in [0, 0.1) is 6.92 Å². The van der Waals surface area contributed by atoms with Gasteiger partial charge >= 0.3 is 0 Å². The number of benzene rings is 2. The molecule has 0 unspecified atom stereocenters. The lowest BCUT2D eigenvalue weighted by Crippen LogP contribution is -2.23. The molecule has 0 fully saturated rings. The smallest absolute Gasteiger partial charge is 0.276 e. The van der Waals surface area contributed by atoms with E-state index in [0.29, 0.717) is 33.4 Å². The van der Waals surface area contributed by atoms with Gasteiger partial charge in [0.15, 0.2) is 17.3 Å². The van der Waals surface area contributed by atoms with Crippen LogP contribution in [-0.2, 0) is 0 Å². The Labute approximate surface area is 165 Å². The SMILES string of the molecule is CCOc1ccc(C=c2sc3nnc(-c4cccc(C)c4)n3c2=O)cc1OC. The maximum atomic E-state index is 13.0. The van der Waals surface area contributed by atoms with Gasteiger partial charge < -0.3 is 9.47 Å². The molecule has 142 valence electrons. The third-order valence-electron chi connectivity index (χ3n) is 4.31. The van der Waals surface area contributed by atoms with E-state index in [-0.39, 0.29) is 5.56 Å². The molecule has 0 saturated carbocycles. The topological polar surface area (TPSA) is 65.7 Å². The lowest BCUT2D eigenvalue weighted by atomic mass is 10.1. The molecule has 0 spiro atoms. The molecular weight excluding hydrogens is 374 g/mol. The van der Waals surface area contributed by atoms with E-state index >= 15 is 0 Å². The van der Waals surface area contributed by atoms with Gasteiger partial charge in [0.1, 0.15) is 0 Å². The summed E-state index contributed by atoms with van der Waals surface area (Å²) in [7, 11) is 1.60. The van der Waals surface area contributed by atoms with Crippen molar-refractivity contribution in [2.24, 2.45) is 0 Å². The van der Waals surface area contributed by atoms with Crippen LogP contribution in [0.25, 0.3) is 22.4 Å². The third kappa shape index (κ3) is 3.25. The van der Waals surface area contributed by atoms with Crippen molar-refractivity contribution in [3.05, 3.63) is 68.5 Å². The number of hydrogen-bond donors (Lipinski definition) is 0. The maximum absolute atomic E-state index is 13.0. The summed E-state index contributed by atoms with van der Waals surface area (Å²) in [6.07, 6.45) is 1.83. The number of nitrogens with zero attached hydrogens (tertiary/aromatic N) is 3. The molecule has 2 heterocycles. The van der Waals surface area contributed by atoms with Crippen LogP contribution in [0.2, 0.25) is 0 Å². The Hall–Kier alpha value is -3.19. The first-order valence-corrected chi connectivity index (χ1v) is 9.70. The summed E-state index contributed by atoms with van der Waals surface area (Å²) in [4.78, 5) is 13.6. The highest BCUT2D eigenvalue weighted by Gasteiger charge is 2.14. The quantitative estimate of drug-likeness (QED) is 0.521. The van der Waals surface area contributed by atoms with Gasteiger partial charge in [0.25, 0.3) is 5.56 Å². The van der Waals surface area contributed by atoms with Gasteiger partial charge in [0.05, 0.1) is 18.2 Å². The van der Waals surface area contributed by atoms with E-state index < -0.39 is 0 Å². The summed E-state index contributed by atoms with van der Waals surface area (Å²) >= 11 is 1.32. The summed E-state index contributed by atoms with van der Waals surface area (Å²) in [6.45, 7) is 4.48. The van der Waals surface area contributed by atoms with Crippen LogP contribution in [0.1, 0.15) is 18.1 Å². The highest BCUT2D eigenvalue weighted by atomic mass is 32.1. The second kappa shape index (κ2) is 7.44. The van der Waals surface area contributed by atoms with Gasteiger partial charge in [0.2, 0.25) is 4.96 Å². The fraction of sp³-hybridized carbons (Fsp3) is 0.190. The van der Waals surface area contributed by atoms with Gasteiger partial charge in [-0.15, -0.1) is 10.2 Å². The van der Waals surface area contributed by atoms with Crippen LogP contribution in [0.5, 0.6) is 11.5 Å². The number of hydrogen-bond acceptors (Lipinski definition) is 6.